The maximum atomic E-state index is 13.0. The molecular formula is C29H30N4O3. The van der Waals surface area contributed by atoms with Gasteiger partial charge < -0.3 is 15.2 Å². The van der Waals surface area contributed by atoms with Crippen molar-refractivity contribution in [2.24, 2.45) is 23.7 Å². The van der Waals surface area contributed by atoms with Crippen molar-refractivity contribution in [3.05, 3.63) is 78.0 Å². The van der Waals surface area contributed by atoms with Gasteiger partial charge in [0.05, 0.1) is 11.8 Å². The van der Waals surface area contributed by atoms with Gasteiger partial charge in [-0.05, 0) is 47.6 Å². The van der Waals surface area contributed by atoms with Crippen LogP contribution in [0.3, 0.4) is 0 Å². The van der Waals surface area contributed by atoms with Crippen molar-refractivity contribution in [3.8, 4) is 0 Å². The van der Waals surface area contributed by atoms with E-state index in [1.807, 2.05) is 43.4 Å². The second-order valence-electron chi connectivity index (χ2n) is 10.4. The number of nitrogens with zero attached hydrogens (tertiary/aromatic N) is 2. The van der Waals surface area contributed by atoms with Crippen LogP contribution in [0.2, 0.25) is 0 Å². The average molecular weight is 483 g/mol. The highest BCUT2D eigenvalue weighted by Crippen LogP contribution is 2.52. The normalized spacial score (nSPS) is 25.0. The highest BCUT2D eigenvalue weighted by molar-refractivity contribution is 6.08. The summed E-state index contributed by atoms with van der Waals surface area (Å²) in [6.45, 7) is 0.141. The van der Waals surface area contributed by atoms with Gasteiger partial charge in [-0.2, -0.15) is 0 Å². The van der Waals surface area contributed by atoms with Gasteiger partial charge in [0.2, 0.25) is 17.7 Å². The fourth-order valence-electron chi connectivity index (χ4n) is 6.33. The number of anilines is 1. The smallest absolute Gasteiger partial charge is 0.240 e. The van der Waals surface area contributed by atoms with Gasteiger partial charge in [-0.25, -0.2) is 0 Å². The number of aromatic nitrogens is 1. The van der Waals surface area contributed by atoms with Gasteiger partial charge in [0.15, 0.2) is 0 Å². The summed E-state index contributed by atoms with van der Waals surface area (Å²) >= 11 is 0. The lowest BCUT2D eigenvalue weighted by molar-refractivity contribution is -0.144. The maximum absolute atomic E-state index is 13.0. The molecule has 1 saturated heterocycles. The Morgan fingerprint density at radius 1 is 1.03 bits per heavy atom. The molecule has 2 heterocycles. The topological polar surface area (TPSA) is 85.5 Å². The number of allylic oxidation sites excluding steroid dienone is 2. The molecule has 36 heavy (non-hydrogen) atoms. The molecule has 0 radical (unpaired) electrons. The van der Waals surface area contributed by atoms with E-state index in [0.29, 0.717) is 6.54 Å². The van der Waals surface area contributed by atoms with Crippen LogP contribution < -0.4 is 10.2 Å². The average Bonchev–Trinajstić information content (AvgIpc) is 3.65. The lowest BCUT2D eigenvalue weighted by Gasteiger charge is -2.21. The van der Waals surface area contributed by atoms with Crippen molar-refractivity contribution in [3.63, 3.8) is 0 Å². The zero-order valence-corrected chi connectivity index (χ0v) is 20.5. The molecule has 2 aliphatic carbocycles. The minimum Gasteiger partial charge on any atom is -0.378 e. The quantitative estimate of drug-likeness (QED) is 0.400. The van der Waals surface area contributed by atoms with E-state index >= 15 is 0 Å². The number of H-pyrrole nitrogens is 1. The molecule has 5 atom stereocenters. The Bertz CT molecular complexity index is 1340. The molecule has 184 valence electrons. The number of likely N-dealkylation sites (tertiary alicyclic amines) is 1. The van der Waals surface area contributed by atoms with Crippen LogP contribution in [0, 0.1) is 23.7 Å². The molecule has 3 aromatic rings. The van der Waals surface area contributed by atoms with E-state index in [9.17, 15) is 14.4 Å². The maximum Gasteiger partial charge on any atom is 0.240 e. The van der Waals surface area contributed by atoms with E-state index in [1.54, 1.807) is 0 Å². The highest BCUT2D eigenvalue weighted by atomic mass is 16.2. The third-order valence-electron chi connectivity index (χ3n) is 8.18. The number of carbonyl (C=O) groups is 3. The molecule has 1 aromatic heterocycles. The standard InChI is InChI=1S/C29H30N4O3/c1-32(2)20-11-9-17(10-12-20)22(23-15-30-24-6-4-3-5-21(23)24)14-31-25(34)16-33-28(35)26-18-7-8-19(13-18)27(26)29(33)36/h3-12,15,18-19,22,26-27,30H,13-14,16H2,1-2H3,(H,31,34)/t18-,19-,22+,26-,27+/m0/s1. The van der Waals surface area contributed by atoms with Gasteiger partial charge in [-0.3, -0.25) is 19.3 Å². The Kier molecular flexibility index (Phi) is 5.43. The Hall–Kier alpha value is -3.87. The van der Waals surface area contributed by atoms with Crippen LogP contribution in [0.4, 0.5) is 5.69 Å². The number of imide groups is 1. The number of hydrogen-bond acceptors (Lipinski definition) is 4. The Labute approximate surface area is 210 Å². The first kappa shape index (κ1) is 22.6. The third-order valence-corrected chi connectivity index (χ3v) is 8.18. The van der Waals surface area contributed by atoms with Crippen LogP contribution in [0.5, 0.6) is 0 Å². The largest absolute Gasteiger partial charge is 0.378 e. The number of hydrogen-bond donors (Lipinski definition) is 2. The molecule has 2 fully saturated rings. The molecule has 3 aliphatic rings. The predicted molar refractivity (Wildman–Crippen MR) is 138 cm³/mol. The Morgan fingerprint density at radius 3 is 2.36 bits per heavy atom. The molecule has 0 spiro atoms. The minimum atomic E-state index is -0.313. The summed E-state index contributed by atoms with van der Waals surface area (Å²) in [6, 6.07) is 16.4. The zero-order chi connectivity index (χ0) is 25.0. The van der Waals surface area contributed by atoms with Gasteiger partial charge in [0, 0.05) is 49.3 Å². The number of para-hydroxylation sites is 1. The van der Waals surface area contributed by atoms with Crippen molar-refractivity contribution in [1.29, 1.82) is 0 Å². The summed E-state index contributed by atoms with van der Waals surface area (Å²) in [6.07, 6.45) is 7.01. The predicted octanol–water partition coefficient (Wildman–Crippen LogP) is 3.29. The van der Waals surface area contributed by atoms with Crippen molar-refractivity contribution >= 4 is 34.3 Å². The van der Waals surface area contributed by atoms with E-state index < -0.39 is 0 Å². The lowest BCUT2D eigenvalue weighted by atomic mass is 9.85. The van der Waals surface area contributed by atoms with Gasteiger partial charge in [-0.1, -0.05) is 42.5 Å². The third kappa shape index (κ3) is 3.61. The van der Waals surface area contributed by atoms with Crippen LogP contribution in [0.1, 0.15) is 23.5 Å². The first-order chi connectivity index (χ1) is 17.4. The van der Waals surface area contributed by atoms with Crippen molar-refractivity contribution in [2.75, 3.05) is 32.1 Å². The number of amides is 3. The Morgan fingerprint density at radius 2 is 1.69 bits per heavy atom. The van der Waals surface area contributed by atoms with Crippen LogP contribution in [0.25, 0.3) is 10.9 Å². The molecule has 6 rings (SSSR count). The molecule has 2 aromatic carbocycles. The zero-order valence-electron chi connectivity index (χ0n) is 20.5. The summed E-state index contributed by atoms with van der Waals surface area (Å²) in [5, 5.41) is 4.12. The van der Waals surface area contributed by atoms with Crippen LogP contribution in [0.15, 0.2) is 66.9 Å². The number of carbonyl (C=O) groups excluding carboxylic acids is 3. The molecule has 2 bridgehead atoms. The monoisotopic (exact) mass is 482 g/mol. The van der Waals surface area contributed by atoms with Gasteiger partial charge in [0.1, 0.15) is 6.54 Å². The molecular weight excluding hydrogens is 452 g/mol. The first-order valence-corrected chi connectivity index (χ1v) is 12.6. The van der Waals surface area contributed by atoms with Crippen molar-refractivity contribution in [1.82, 2.24) is 15.2 Å². The summed E-state index contributed by atoms with van der Waals surface area (Å²) < 4.78 is 0. The summed E-state index contributed by atoms with van der Waals surface area (Å²) in [4.78, 5) is 45.6. The van der Waals surface area contributed by atoms with Crippen molar-refractivity contribution < 1.29 is 14.4 Å². The number of aromatic amines is 1. The van der Waals surface area contributed by atoms with E-state index in [1.165, 1.54) is 4.90 Å². The lowest BCUT2D eigenvalue weighted by Crippen LogP contribution is -2.42. The van der Waals surface area contributed by atoms with Crippen LogP contribution in [-0.4, -0.2) is 54.8 Å². The molecule has 7 heteroatoms. The highest BCUT2D eigenvalue weighted by Gasteiger charge is 2.59. The second kappa shape index (κ2) is 8.66. The molecule has 1 saturated carbocycles. The van der Waals surface area contributed by atoms with Gasteiger partial charge in [0.25, 0.3) is 0 Å². The number of fused-ring (bicyclic) bond motifs is 6. The fourth-order valence-corrected chi connectivity index (χ4v) is 6.33. The summed E-state index contributed by atoms with van der Waals surface area (Å²) in [5.41, 5.74) is 4.31. The summed E-state index contributed by atoms with van der Waals surface area (Å²) in [5.74, 6) is -1.07. The van der Waals surface area contributed by atoms with Gasteiger partial charge in [-0.15, -0.1) is 0 Å². The SMILES string of the molecule is CN(C)c1ccc([C@@H](CNC(=O)CN2C(=O)[C@@H]3[C@H](C2=O)[C@H]2C=C[C@H]3C2)c2c[nH]c3ccccc23)cc1. The Balaban J connectivity index is 1.21. The number of nitrogens with one attached hydrogen (secondary N) is 2. The van der Waals surface area contributed by atoms with E-state index in [2.05, 4.69) is 52.8 Å². The van der Waals surface area contributed by atoms with E-state index in [-0.39, 0.29) is 53.9 Å². The van der Waals surface area contributed by atoms with Crippen LogP contribution >= 0.6 is 0 Å². The fraction of sp³-hybridized carbons (Fsp3) is 0.345. The van der Waals surface area contributed by atoms with E-state index in [4.69, 9.17) is 0 Å². The number of benzene rings is 2. The second-order valence-corrected chi connectivity index (χ2v) is 10.4. The first-order valence-electron chi connectivity index (χ1n) is 12.6. The molecule has 2 N–H and O–H groups in total. The van der Waals surface area contributed by atoms with Crippen LogP contribution in [-0.2, 0) is 14.4 Å². The molecule has 3 amide bonds. The summed E-state index contributed by atoms with van der Waals surface area (Å²) in [7, 11) is 4.01. The molecule has 1 aliphatic heterocycles. The molecule has 0 unspecified atom stereocenters. The minimum absolute atomic E-state index is 0.0919. The molecule has 7 nitrogen and oxygen atoms in total. The number of rotatable bonds is 7. The van der Waals surface area contributed by atoms with Crippen molar-refractivity contribution in [2.45, 2.75) is 12.3 Å². The van der Waals surface area contributed by atoms with E-state index in [0.717, 1.165) is 34.1 Å². The van der Waals surface area contributed by atoms with Gasteiger partial charge >= 0.3 is 0 Å².